The first kappa shape index (κ1) is 16.1. The molecule has 0 bridgehead atoms. The number of hydrogen-bond acceptors (Lipinski definition) is 5. The van der Waals surface area contributed by atoms with Crippen LogP contribution >= 0.6 is 11.3 Å². The molecule has 2 rings (SSSR count). The maximum atomic E-state index is 12.9. The predicted octanol–water partition coefficient (Wildman–Crippen LogP) is 1.83. The van der Waals surface area contributed by atoms with Crippen molar-refractivity contribution in [3.05, 3.63) is 28.3 Å². The molecule has 0 N–H and O–H groups in total. The van der Waals surface area contributed by atoms with E-state index >= 15 is 0 Å². The third-order valence-corrected chi connectivity index (χ3v) is 6.35. The fourth-order valence-corrected chi connectivity index (χ4v) is 4.81. The average molecular weight is 328 g/mol. The summed E-state index contributed by atoms with van der Waals surface area (Å²) in [6, 6.07) is -0.121. The van der Waals surface area contributed by atoms with E-state index in [1.54, 1.807) is 37.7 Å². The van der Waals surface area contributed by atoms with Gasteiger partial charge in [-0.05, 0) is 20.8 Å². The van der Waals surface area contributed by atoms with Crippen LogP contribution in [0.5, 0.6) is 0 Å². The zero-order valence-electron chi connectivity index (χ0n) is 12.6. The summed E-state index contributed by atoms with van der Waals surface area (Å²) in [4.78, 5) is 4.21. The van der Waals surface area contributed by atoms with Gasteiger partial charge >= 0.3 is 0 Å². The molecule has 0 saturated carbocycles. The van der Waals surface area contributed by atoms with Crippen molar-refractivity contribution in [1.29, 1.82) is 0 Å². The average Bonchev–Trinajstić information content (AvgIpc) is 2.99. The number of rotatable bonds is 6. The predicted molar refractivity (Wildman–Crippen MR) is 82.8 cm³/mol. The Morgan fingerprint density at radius 2 is 2.14 bits per heavy atom. The second-order valence-electron chi connectivity index (χ2n) is 5.14. The quantitative estimate of drug-likeness (QED) is 0.811. The minimum Gasteiger partial charge on any atom is -0.256 e. The number of aromatic nitrogens is 3. The highest BCUT2D eigenvalue weighted by atomic mass is 32.2. The first-order chi connectivity index (χ1) is 9.84. The smallest absolute Gasteiger partial charge is 0.256 e. The molecule has 2 aromatic rings. The first-order valence-electron chi connectivity index (χ1n) is 6.73. The van der Waals surface area contributed by atoms with Crippen molar-refractivity contribution >= 4 is 21.4 Å². The van der Waals surface area contributed by atoms with Gasteiger partial charge in [-0.2, -0.15) is 9.40 Å². The molecule has 0 aliphatic carbocycles. The molecule has 21 heavy (non-hydrogen) atoms. The molecule has 0 amide bonds. The van der Waals surface area contributed by atoms with Crippen molar-refractivity contribution in [3.63, 3.8) is 0 Å². The molecule has 0 atom stereocenters. The lowest BCUT2D eigenvalue weighted by atomic mass is 10.3. The second-order valence-corrected chi connectivity index (χ2v) is 7.93. The van der Waals surface area contributed by atoms with Crippen molar-refractivity contribution in [2.75, 3.05) is 6.54 Å². The van der Waals surface area contributed by atoms with E-state index in [9.17, 15) is 8.42 Å². The molecule has 0 radical (unpaired) electrons. The van der Waals surface area contributed by atoms with Crippen LogP contribution in [0.1, 0.15) is 24.4 Å². The van der Waals surface area contributed by atoms with Crippen LogP contribution in [0.25, 0.3) is 0 Å². The highest BCUT2D eigenvalue weighted by Gasteiger charge is 2.31. The Morgan fingerprint density at radius 3 is 2.62 bits per heavy atom. The lowest BCUT2D eigenvalue weighted by molar-refractivity contribution is 0.353. The van der Waals surface area contributed by atoms with Crippen molar-refractivity contribution in [2.45, 2.75) is 38.3 Å². The summed E-state index contributed by atoms with van der Waals surface area (Å²) in [5.41, 5.74) is 0.664. The van der Waals surface area contributed by atoms with Crippen molar-refractivity contribution < 1.29 is 8.42 Å². The summed E-state index contributed by atoms with van der Waals surface area (Å²) in [6.45, 7) is 5.94. The summed E-state index contributed by atoms with van der Waals surface area (Å²) in [5, 5.41) is 7.13. The van der Waals surface area contributed by atoms with Gasteiger partial charge < -0.3 is 0 Å². The van der Waals surface area contributed by atoms with Crippen LogP contribution < -0.4 is 0 Å². The van der Waals surface area contributed by atoms with Crippen LogP contribution in [-0.2, 0) is 23.5 Å². The molecule has 0 spiro atoms. The van der Waals surface area contributed by atoms with Crippen molar-refractivity contribution in [2.24, 2.45) is 7.05 Å². The van der Waals surface area contributed by atoms with Crippen LogP contribution in [0.4, 0.5) is 0 Å². The van der Waals surface area contributed by atoms with Gasteiger partial charge in [0.25, 0.3) is 10.0 Å². The zero-order valence-corrected chi connectivity index (χ0v) is 14.3. The number of nitrogens with zero attached hydrogens (tertiary/aromatic N) is 4. The summed E-state index contributed by atoms with van der Waals surface area (Å²) < 4.78 is 28.7. The van der Waals surface area contributed by atoms with E-state index in [-0.39, 0.29) is 11.1 Å². The number of aryl methyl sites for hydroxylation is 2. The van der Waals surface area contributed by atoms with Gasteiger partial charge in [0.15, 0.2) is 5.03 Å². The summed E-state index contributed by atoms with van der Waals surface area (Å²) in [7, 11) is -1.91. The van der Waals surface area contributed by atoms with E-state index in [0.717, 1.165) is 5.01 Å². The molecular weight excluding hydrogens is 308 g/mol. The fraction of sp³-hybridized carbons (Fsp3) is 0.538. The molecule has 0 unspecified atom stereocenters. The topological polar surface area (TPSA) is 68.1 Å². The summed E-state index contributed by atoms with van der Waals surface area (Å²) in [5.74, 6) is 0. The Hall–Kier alpha value is -1.25. The lowest BCUT2D eigenvalue weighted by Gasteiger charge is -2.25. The second kappa shape index (κ2) is 6.25. The Kier molecular flexibility index (Phi) is 4.80. The summed E-state index contributed by atoms with van der Waals surface area (Å²) >= 11 is 1.54. The molecule has 0 aliphatic heterocycles. The fourth-order valence-electron chi connectivity index (χ4n) is 2.26. The summed E-state index contributed by atoms with van der Waals surface area (Å²) in [6.07, 6.45) is 3.93. The van der Waals surface area contributed by atoms with Gasteiger partial charge in [-0.15, -0.1) is 11.3 Å². The molecular formula is C13H20N4O2S2. The zero-order chi connectivity index (χ0) is 15.6. The molecule has 2 heterocycles. The Balaban J connectivity index is 2.29. The van der Waals surface area contributed by atoms with Crippen LogP contribution in [0.3, 0.4) is 0 Å². The van der Waals surface area contributed by atoms with E-state index in [1.807, 2.05) is 19.2 Å². The van der Waals surface area contributed by atoms with Gasteiger partial charge in [0.1, 0.15) is 0 Å². The van der Waals surface area contributed by atoms with Gasteiger partial charge in [0, 0.05) is 43.2 Å². The van der Waals surface area contributed by atoms with Crippen LogP contribution in [0.2, 0.25) is 0 Å². The van der Waals surface area contributed by atoms with Crippen LogP contribution in [0, 0.1) is 6.92 Å². The van der Waals surface area contributed by atoms with Crippen molar-refractivity contribution in [3.8, 4) is 0 Å². The van der Waals surface area contributed by atoms with Crippen LogP contribution in [-0.4, -0.2) is 40.1 Å². The molecule has 0 saturated heterocycles. The molecule has 0 aliphatic rings. The van der Waals surface area contributed by atoms with Gasteiger partial charge in [-0.1, -0.05) is 0 Å². The maximum Gasteiger partial charge on any atom is 0.260 e. The molecule has 2 aromatic heterocycles. The third-order valence-electron chi connectivity index (χ3n) is 3.21. The molecule has 0 fully saturated rings. The third kappa shape index (κ3) is 3.33. The molecule has 116 valence electrons. The Morgan fingerprint density at radius 1 is 1.43 bits per heavy atom. The Labute approximate surface area is 129 Å². The van der Waals surface area contributed by atoms with Gasteiger partial charge in [0.05, 0.1) is 11.2 Å². The number of hydrogen-bond donors (Lipinski definition) is 0. The largest absolute Gasteiger partial charge is 0.260 e. The maximum absolute atomic E-state index is 12.9. The van der Waals surface area contributed by atoms with Gasteiger partial charge in [0.2, 0.25) is 0 Å². The van der Waals surface area contributed by atoms with Crippen molar-refractivity contribution in [1.82, 2.24) is 19.1 Å². The molecule has 0 aromatic carbocycles. The lowest BCUT2D eigenvalue weighted by Crippen LogP contribution is -2.39. The molecule has 6 nitrogen and oxygen atoms in total. The number of sulfonamides is 1. The van der Waals surface area contributed by atoms with E-state index in [0.29, 0.717) is 18.5 Å². The normalized spacial score (nSPS) is 12.5. The Bertz CT molecular complexity index is 670. The van der Waals surface area contributed by atoms with E-state index in [1.165, 1.54) is 8.99 Å². The van der Waals surface area contributed by atoms with Crippen LogP contribution in [0.15, 0.2) is 22.8 Å². The van der Waals surface area contributed by atoms with Gasteiger partial charge in [-0.25, -0.2) is 13.4 Å². The minimum absolute atomic E-state index is 0.121. The van der Waals surface area contributed by atoms with E-state index < -0.39 is 10.0 Å². The van der Waals surface area contributed by atoms with E-state index in [2.05, 4.69) is 10.1 Å². The molecule has 8 heteroatoms. The standard InChI is InChI=1S/C13H20N4O2S2/c1-10(2)17(7-5-12-14-6-8-20-12)21(18,19)13-11(3)9-15-16(13)4/h6,8-10H,5,7H2,1-4H3. The highest BCUT2D eigenvalue weighted by Crippen LogP contribution is 2.21. The minimum atomic E-state index is -3.56. The van der Waals surface area contributed by atoms with Gasteiger partial charge in [-0.3, -0.25) is 4.68 Å². The number of thiazole rings is 1. The first-order valence-corrected chi connectivity index (χ1v) is 9.05. The highest BCUT2D eigenvalue weighted by molar-refractivity contribution is 7.89. The monoisotopic (exact) mass is 328 g/mol. The SMILES string of the molecule is Cc1cnn(C)c1S(=O)(=O)N(CCc1nccs1)C(C)C. The van der Waals surface area contributed by atoms with E-state index in [4.69, 9.17) is 0 Å².